The summed E-state index contributed by atoms with van der Waals surface area (Å²) < 4.78 is 15.7. The fraction of sp³-hybridized carbons (Fsp3) is 0.500. The van der Waals surface area contributed by atoms with Crippen molar-refractivity contribution in [3.8, 4) is 17.2 Å². The van der Waals surface area contributed by atoms with Crippen LogP contribution in [0.15, 0.2) is 12.1 Å². The monoisotopic (exact) mass is 290 g/mol. The number of rotatable bonds is 7. The van der Waals surface area contributed by atoms with E-state index in [0.717, 1.165) is 14.7 Å². The molecule has 20 heavy (non-hydrogen) atoms. The smallest absolute Gasteiger partial charge is 0.496 e. The van der Waals surface area contributed by atoms with Gasteiger partial charge in [-0.2, -0.15) is 6.16 Å². The summed E-state index contributed by atoms with van der Waals surface area (Å²) in [6.45, 7) is 4.17. The summed E-state index contributed by atoms with van der Waals surface area (Å²) in [6, 6.07) is 3.39. The predicted molar refractivity (Wildman–Crippen MR) is 77.1 cm³/mol. The van der Waals surface area contributed by atoms with Crippen molar-refractivity contribution >= 4 is 14.1 Å². The van der Waals surface area contributed by atoms with Crippen molar-refractivity contribution in [2.45, 2.75) is 13.8 Å². The van der Waals surface area contributed by atoms with Crippen LogP contribution < -0.4 is 33.1 Å². The number of carbonyl (C=O) groups is 1. The molecule has 0 unspecified atom stereocenters. The molecule has 0 aliphatic rings. The number of ether oxygens (including phenoxy) is 3. The van der Waals surface area contributed by atoms with Crippen molar-refractivity contribution < 1.29 is 37.9 Å². The van der Waals surface area contributed by atoms with Gasteiger partial charge in [0, 0.05) is 17.7 Å². The number of hydrogen-bond donors (Lipinski definition) is 0. The predicted octanol–water partition coefficient (Wildman–Crippen LogP) is 0.459. The third-order valence-corrected chi connectivity index (χ3v) is 3.95. The fourth-order valence-corrected chi connectivity index (χ4v) is 2.47. The Labute approximate surface area is 134 Å². The van der Waals surface area contributed by atoms with Gasteiger partial charge in [0.25, 0.3) is 0 Å². The third kappa shape index (κ3) is 5.02. The first-order chi connectivity index (χ1) is 9.03. The molecule has 0 aromatic heterocycles. The van der Waals surface area contributed by atoms with Gasteiger partial charge in [-0.05, 0) is 0 Å². The van der Waals surface area contributed by atoms with Gasteiger partial charge < -0.3 is 27.6 Å². The van der Waals surface area contributed by atoms with Crippen molar-refractivity contribution in [3.63, 3.8) is 0 Å². The molecule has 0 N–H and O–H groups in total. The summed E-state index contributed by atoms with van der Waals surface area (Å²) in [5.41, 5.74) is 0.484. The maximum atomic E-state index is 12.3. The maximum Gasteiger partial charge on any atom is 1.00 e. The molecule has 1 aromatic carbocycles. The Morgan fingerprint density at radius 3 is 1.95 bits per heavy atom. The minimum absolute atomic E-state index is 0. The molecular formula is C14H20LiO4P. The normalized spacial score (nSPS) is 10.5. The van der Waals surface area contributed by atoms with E-state index in [1.165, 1.54) is 14.2 Å². The van der Waals surface area contributed by atoms with Crippen LogP contribution in [-0.2, 0) is 0 Å². The van der Waals surface area contributed by atoms with E-state index in [0.29, 0.717) is 28.7 Å². The van der Waals surface area contributed by atoms with Crippen LogP contribution in [-0.4, -0.2) is 33.0 Å². The average Bonchev–Trinajstić information content (AvgIpc) is 2.42. The van der Waals surface area contributed by atoms with E-state index in [1.54, 1.807) is 19.2 Å². The first kappa shape index (κ1) is 19.3. The first-order valence-electron chi connectivity index (χ1n) is 6.05. The molecule has 0 bridgehead atoms. The van der Waals surface area contributed by atoms with Gasteiger partial charge in [0.15, 0.2) is 0 Å². The van der Waals surface area contributed by atoms with Crippen LogP contribution in [0.2, 0.25) is 0 Å². The van der Waals surface area contributed by atoms with E-state index >= 15 is 0 Å². The fourth-order valence-electron chi connectivity index (χ4n) is 1.56. The molecule has 106 valence electrons. The van der Waals surface area contributed by atoms with Crippen LogP contribution in [0, 0.1) is 5.92 Å². The minimum Gasteiger partial charge on any atom is -0.496 e. The van der Waals surface area contributed by atoms with Crippen LogP contribution >= 0.6 is 8.58 Å². The molecule has 0 saturated heterocycles. The Morgan fingerprint density at radius 2 is 1.60 bits per heavy atom. The van der Waals surface area contributed by atoms with Gasteiger partial charge >= 0.3 is 18.9 Å². The zero-order valence-electron chi connectivity index (χ0n) is 13.0. The number of carbonyl (C=O) groups excluding carboxylic acids is 1. The molecule has 0 atom stereocenters. The summed E-state index contributed by atoms with van der Waals surface area (Å²) in [4.78, 5) is 12.3. The molecule has 0 spiro atoms. The first-order valence-corrected chi connectivity index (χ1v) is 7.13. The topological polar surface area (TPSA) is 44.8 Å². The van der Waals surface area contributed by atoms with Crippen molar-refractivity contribution in [2.75, 3.05) is 27.5 Å². The zero-order valence-corrected chi connectivity index (χ0v) is 13.9. The van der Waals surface area contributed by atoms with E-state index in [2.05, 4.69) is 13.8 Å². The molecule has 0 amide bonds. The van der Waals surface area contributed by atoms with Crippen LogP contribution in [0.1, 0.15) is 24.2 Å². The van der Waals surface area contributed by atoms with Crippen molar-refractivity contribution in [1.29, 1.82) is 0 Å². The Kier molecular flexibility index (Phi) is 8.97. The number of hydrogen-bond acceptors (Lipinski definition) is 4. The molecule has 4 nitrogen and oxygen atoms in total. The molecule has 6 heteroatoms. The van der Waals surface area contributed by atoms with Crippen LogP contribution in [0.25, 0.3) is 0 Å². The second-order valence-corrected chi connectivity index (χ2v) is 5.53. The standard InChI is InChI=1S/C14H20O4P.Li/c1-9(2)8-19-14(15)13-11(17-4)6-10(16-3)7-12(13)18-5;/h6-7,9H,8H2,1-5H3;/q-1;+1. The zero-order chi connectivity index (χ0) is 14.4. The maximum absolute atomic E-state index is 12.3. The van der Waals surface area contributed by atoms with E-state index in [9.17, 15) is 4.79 Å². The van der Waals surface area contributed by atoms with Gasteiger partial charge in [0.2, 0.25) is 0 Å². The third-order valence-electron chi connectivity index (χ3n) is 2.53. The van der Waals surface area contributed by atoms with Gasteiger partial charge in [-0.15, -0.1) is 0 Å². The summed E-state index contributed by atoms with van der Waals surface area (Å²) in [6.07, 6.45) is 0.817. The van der Waals surface area contributed by atoms with E-state index < -0.39 is 0 Å². The minimum atomic E-state index is 0. The molecular weight excluding hydrogens is 270 g/mol. The van der Waals surface area contributed by atoms with Gasteiger partial charge in [0.1, 0.15) is 17.2 Å². The number of benzene rings is 1. The van der Waals surface area contributed by atoms with Crippen molar-refractivity contribution in [3.05, 3.63) is 17.7 Å². The average molecular weight is 290 g/mol. The largest absolute Gasteiger partial charge is 1.00 e. The van der Waals surface area contributed by atoms with E-state index in [-0.39, 0.29) is 24.4 Å². The molecule has 0 saturated carbocycles. The SMILES string of the molecule is COc1cc(OC)c(C(=O)[P-]CC(C)C)c(OC)c1.[Li+]. The van der Waals surface area contributed by atoms with Crippen LogP contribution in [0.3, 0.4) is 0 Å². The summed E-state index contributed by atoms with van der Waals surface area (Å²) in [5.74, 6) is 2.04. The summed E-state index contributed by atoms with van der Waals surface area (Å²) in [7, 11) is 5.37. The molecule has 0 aliphatic heterocycles. The Hall–Kier alpha value is -0.683. The van der Waals surface area contributed by atoms with E-state index in [4.69, 9.17) is 14.2 Å². The van der Waals surface area contributed by atoms with Crippen LogP contribution in [0.4, 0.5) is 0 Å². The molecule has 0 heterocycles. The molecule has 0 fully saturated rings. The second kappa shape index (κ2) is 9.29. The molecule has 0 aliphatic carbocycles. The van der Waals surface area contributed by atoms with Gasteiger partial charge in [-0.1, -0.05) is 19.8 Å². The Morgan fingerprint density at radius 1 is 1.10 bits per heavy atom. The Balaban J connectivity index is 0.00000361. The molecule has 0 radical (unpaired) electrons. The number of methoxy groups -OCH3 is 3. The van der Waals surface area contributed by atoms with Crippen molar-refractivity contribution in [2.24, 2.45) is 5.92 Å². The van der Waals surface area contributed by atoms with Gasteiger partial charge in [0.05, 0.1) is 26.9 Å². The Bertz CT molecular complexity index is 424. The van der Waals surface area contributed by atoms with E-state index in [1.807, 2.05) is 0 Å². The molecule has 1 rings (SSSR count). The van der Waals surface area contributed by atoms with Gasteiger partial charge in [-0.3, -0.25) is 0 Å². The summed E-state index contributed by atoms with van der Waals surface area (Å²) >= 11 is 0. The molecule has 1 aromatic rings. The van der Waals surface area contributed by atoms with Crippen molar-refractivity contribution in [1.82, 2.24) is 0 Å². The second-order valence-electron chi connectivity index (χ2n) is 4.45. The van der Waals surface area contributed by atoms with Gasteiger partial charge in [-0.25, -0.2) is 0 Å². The quantitative estimate of drug-likeness (QED) is 0.540. The summed E-state index contributed by atoms with van der Waals surface area (Å²) in [5, 5.41) is 0. The van der Waals surface area contributed by atoms with Crippen LogP contribution in [0.5, 0.6) is 17.2 Å².